The quantitative estimate of drug-likeness (QED) is 0.750. The van der Waals surface area contributed by atoms with Crippen molar-refractivity contribution < 1.29 is 19.1 Å². The first-order valence-corrected chi connectivity index (χ1v) is 8.75. The molecule has 7 heteroatoms. The van der Waals surface area contributed by atoms with Gasteiger partial charge >= 0.3 is 5.97 Å². The van der Waals surface area contributed by atoms with Crippen molar-refractivity contribution in [3.63, 3.8) is 0 Å². The zero-order valence-corrected chi connectivity index (χ0v) is 14.3. The lowest BCUT2D eigenvalue weighted by Crippen LogP contribution is -2.29. The van der Waals surface area contributed by atoms with Crippen molar-refractivity contribution >= 4 is 23.6 Å². The van der Waals surface area contributed by atoms with E-state index >= 15 is 0 Å². The molecule has 0 saturated carbocycles. The number of carbonyl (C=O) groups is 2. The molecular weight excluding hydrogens is 328 g/mol. The molecule has 2 aromatic rings. The van der Waals surface area contributed by atoms with Crippen LogP contribution in [0.3, 0.4) is 0 Å². The molecule has 1 aromatic heterocycles. The van der Waals surface area contributed by atoms with Gasteiger partial charge in [-0.25, -0.2) is 4.98 Å². The van der Waals surface area contributed by atoms with Crippen molar-refractivity contribution in [2.45, 2.75) is 18.6 Å². The van der Waals surface area contributed by atoms with E-state index in [9.17, 15) is 9.59 Å². The largest absolute Gasteiger partial charge is 0.481 e. The van der Waals surface area contributed by atoms with E-state index in [4.69, 9.17) is 9.52 Å². The van der Waals surface area contributed by atoms with Crippen LogP contribution < -0.4 is 0 Å². The molecule has 1 N–H and O–H groups in total. The van der Waals surface area contributed by atoms with E-state index in [-0.39, 0.29) is 12.3 Å². The number of carboxylic acid groups (broad SMARTS) is 1. The fourth-order valence-corrected chi connectivity index (χ4v) is 2.87. The maximum absolute atomic E-state index is 11.9. The van der Waals surface area contributed by atoms with E-state index in [0.29, 0.717) is 30.4 Å². The molecule has 0 spiro atoms. The van der Waals surface area contributed by atoms with Crippen LogP contribution >= 0.6 is 11.8 Å². The summed E-state index contributed by atoms with van der Waals surface area (Å²) < 4.78 is 5.46. The van der Waals surface area contributed by atoms with Gasteiger partial charge < -0.3 is 14.4 Å². The lowest BCUT2D eigenvalue weighted by Gasteiger charge is -2.16. The second-order valence-corrected chi connectivity index (χ2v) is 6.30. The molecule has 0 fully saturated rings. The summed E-state index contributed by atoms with van der Waals surface area (Å²) in [5.74, 6) is 0.633. The number of nitrogens with zero attached hydrogens (tertiary/aromatic N) is 2. The molecular formula is C17H20N2O4S. The number of oxazole rings is 1. The van der Waals surface area contributed by atoms with Crippen LogP contribution in [-0.4, -0.2) is 46.2 Å². The second-order valence-electron chi connectivity index (χ2n) is 5.32. The van der Waals surface area contributed by atoms with Crippen LogP contribution in [0.15, 0.2) is 41.0 Å². The minimum Gasteiger partial charge on any atom is -0.481 e. The van der Waals surface area contributed by atoms with Gasteiger partial charge in [0.1, 0.15) is 6.26 Å². The van der Waals surface area contributed by atoms with Crippen molar-refractivity contribution in [1.29, 1.82) is 0 Å². The van der Waals surface area contributed by atoms with Gasteiger partial charge in [-0.1, -0.05) is 18.2 Å². The highest BCUT2D eigenvalue weighted by Gasteiger charge is 2.11. The molecule has 1 heterocycles. The summed E-state index contributed by atoms with van der Waals surface area (Å²) >= 11 is 1.46. The van der Waals surface area contributed by atoms with Gasteiger partial charge in [-0.05, 0) is 18.6 Å². The van der Waals surface area contributed by atoms with Crippen molar-refractivity contribution in [2.75, 3.05) is 19.3 Å². The maximum Gasteiger partial charge on any atom is 0.303 e. The number of aromatic nitrogens is 1. The summed E-state index contributed by atoms with van der Waals surface area (Å²) in [5, 5.41) is 8.59. The minimum absolute atomic E-state index is 0.0165. The molecule has 0 aliphatic heterocycles. The monoisotopic (exact) mass is 348 g/mol. The molecule has 0 radical (unpaired) electrons. The van der Waals surface area contributed by atoms with Gasteiger partial charge in [0.25, 0.3) is 0 Å². The number of thioether (sulfide) groups is 1. The summed E-state index contributed by atoms with van der Waals surface area (Å²) in [6, 6.07) is 9.64. The number of hydrogen-bond acceptors (Lipinski definition) is 5. The van der Waals surface area contributed by atoms with Gasteiger partial charge in [0, 0.05) is 31.3 Å². The zero-order chi connectivity index (χ0) is 17.4. The fourth-order valence-electron chi connectivity index (χ4n) is 2.03. The van der Waals surface area contributed by atoms with Gasteiger partial charge in [0.2, 0.25) is 11.8 Å². The molecule has 0 bridgehead atoms. The highest BCUT2D eigenvalue weighted by Crippen LogP contribution is 2.20. The second kappa shape index (κ2) is 9.12. The highest BCUT2D eigenvalue weighted by atomic mass is 32.2. The van der Waals surface area contributed by atoms with Crippen LogP contribution in [0, 0.1) is 0 Å². The van der Waals surface area contributed by atoms with Crippen molar-refractivity contribution in [1.82, 2.24) is 9.88 Å². The van der Waals surface area contributed by atoms with Gasteiger partial charge in [-0.15, -0.1) is 11.8 Å². The number of carboxylic acids is 1. The predicted molar refractivity (Wildman–Crippen MR) is 92.6 cm³/mol. The average Bonchev–Trinajstić information content (AvgIpc) is 3.04. The topological polar surface area (TPSA) is 83.6 Å². The van der Waals surface area contributed by atoms with Gasteiger partial charge in [-0.2, -0.15) is 0 Å². The summed E-state index contributed by atoms with van der Waals surface area (Å²) in [6.07, 6.45) is 2.15. The van der Waals surface area contributed by atoms with E-state index in [2.05, 4.69) is 4.98 Å². The Morgan fingerprint density at radius 1 is 1.29 bits per heavy atom. The molecule has 2 rings (SSSR count). The van der Waals surface area contributed by atoms with Crippen LogP contribution in [0.1, 0.15) is 18.5 Å². The van der Waals surface area contributed by atoms with Crippen molar-refractivity contribution in [3.05, 3.63) is 42.3 Å². The van der Waals surface area contributed by atoms with Gasteiger partial charge in [0.15, 0.2) is 0 Å². The number of benzene rings is 1. The highest BCUT2D eigenvalue weighted by molar-refractivity contribution is 7.99. The Morgan fingerprint density at radius 2 is 2.04 bits per heavy atom. The van der Waals surface area contributed by atoms with Gasteiger partial charge in [0.05, 0.1) is 11.4 Å². The molecule has 0 unspecified atom stereocenters. The lowest BCUT2D eigenvalue weighted by atomic mass is 10.2. The molecule has 0 aliphatic rings. The first-order chi connectivity index (χ1) is 11.6. The Kier molecular flexibility index (Phi) is 6.87. The van der Waals surface area contributed by atoms with E-state index in [1.807, 2.05) is 30.3 Å². The number of rotatable bonds is 9. The number of amides is 1. The first kappa shape index (κ1) is 18.1. The smallest absolute Gasteiger partial charge is 0.303 e. The Bertz CT molecular complexity index is 672. The Balaban J connectivity index is 1.73. The third-order valence-electron chi connectivity index (χ3n) is 3.36. The molecule has 0 saturated heterocycles. The van der Waals surface area contributed by atoms with Crippen LogP contribution in [-0.2, 0) is 15.3 Å². The Hall–Kier alpha value is -2.28. The predicted octanol–water partition coefficient (Wildman–Crippen LogP) is 2.90. The fraction of sp³-hybridized carbons (Fsp3) is 0.353. The van der Waals surface area contributed by atoms with Crippen LogP contribution in [0.5, 0.6) is 0 Å². The zero-order valence-electron chi connectivity index (χ0n) is 13.5. The van der Waals surface area contributed by atoms with Crippen LogP contribution in [0.25, 0.3) is 11.5 Å². The molecule has 0 atom stereocenters. The summed E-state index contributed by atoms with van der Waals surface area (Å²) in [4.78, 5) is 28.4. The molecule has 1 aromatic carbocycles. The van der Waals surface area contributed by atoms with Crippen molar-refractivity contribution in [2.24, 2.45) is 0 Å². The standard InChI is InChI=1S/C17H20N2O4S/c1-19(9-5-8-16(21)22)15(20)12-24-11-14-10-23-17(18-14)13-6-3-2-4-7-13/h2-4,6-7,10H,5,8-9,11-12H2,1H3,(H,21,22). The van der Waals surface area contributed by atoms with Crippen LogP contribution in [0.4, 0.5) is 0 Å². The van der Waals surface area contributed by atoms with Gasteiger partial charge in [-0.3, -0.25) is 9.59 Å². The van der Waals surface area contributed by atoms with E-state index in [1.165, 1.54) is 11.8 Å². The molecule has 6 nitrogen and oxygen atoms in total. The number of carbonyl (C=O) groups excluding carboxylic acids is 1. The van der Waals surface area contributed by atoms with E-state index < -0.39 is 5.97 Å². The van der Waals surface area contributed by atoms with E-state index in [1.54, 1.807) is 18.2 Å². The Labute approximate surface area is 144 Å². The third-order valence-corrected chi connectivity index (χ3v) is 4.31. The molecule has 0 aliphatic carbocycles. The summed E-state index contributed by atoms with van der Waals surface area (Å²) in [7, 11) is 1.69. The molecule has 24 heavy (non-hydrogen) atoms. The lowest BCUT2D eigenvalue weighted by molar-refractivity contribution is -0.137. The first-order valence-electron chi connectivity index (χ1n) is 7.59. The normalized spacial score (nSPS) is 10.5. The third kappa shape index (κ3) is 5.73. The summed E-state index contributed by atoms with van der Waals surface area (Å²) in [5.41, 5.74) is 1.71. The molecule has 1 amide bonds. The average molecular weight is 348 g/mol. The Morgan fingerprint density at radius 3 is 2.75 bits per heavy atom. The number of aliphatic carboxylic acids is 1. The summed E-state index contributed by atoms with van der Waals surface area (Å²) in [6.45, 7) is 0.452. The van der Waals surface area contributed by atoms with Crippen molar-refractivity contribution in [3.8, 4) is 11.5 Å². The maximum atomic E-state index is 11.9. The SMILES string of the molecule is CN(CCCC(=O)O)C(=O)CSCc1coc(-c2ccccc2)n1. The van der Waals surface area contributed by atoms with E-state index in [0.717, 1.165) is 11.3 Å². The van der Waals surface area contributed by atoms with Crippen LogP contribution in [0.2, 0.25) is 0 Å². The minimum atomic E-state index is -0.842. The number of hydrogen-bond donors (Lipinski definition) is 1. The molecule has 128 valence electrons.